The van der Waals surface area contributed by atoms with Crippen molar-refractivity contribution in [2.24, 2.45) is 5.73 Å². The normalized spacial score (nSPS) is 12.1. The maximum Gasteiger partial charge on any atom is 0.357 e. The Hall–Kier alpha value is -4.16. The van der Waals surface area contributed by atoms with E-state index in [2.05, 4.69) is 11.9 Å². The quantitative estimate of drug-likeness (QED) is 0.140. The minimum absolute atomic E-state index is 0.118. The highest BCUT2D eigenvalue weighted by Gasteiger charge is 2.27. The highest BCUT2D eigenvalue weighted by atomic mass is 32.2. The Kier molecular flexibility index (Phi) is 10.8. The standard InChI is InChI=1S/C32H37N5O5S2/c1-5-7-15-28-35-30(43-4)29(31(38)42-6-2)37(28)20-22-16-17-25(27(19-22)44(40,41)36-32(33)39)24-13-9-8-12-23(24)21(3)26-14-10-11-18-34-26/h8-14,16-19,21H,5-7,15,20H2,1-4H3,(H3,33,36,39). The molecule has 0 spiro atoms. The van der Waals surface area contributed by atoms with Crippen molar-refractivity contribution in [1.29, 1.82) is 0 Å². The third kappa shape index (κ3) is 7.31. The largest absolute Gasteiger partial charge is 0.461 e. The third-order valence-electron chi connectivity index (χ3n) is 7.19. The Labute approximate surface area is 262 Å². The second kappa shape index (κ2) is 14.5. The summed E-state index contributed by atoms with van der Waals surface area (Å²) in [5.41, 5.74) is 8.95. The number of esters is 1. The molecule has 0 bridgehead atoms. The van der Waals surface area contributed by atoms with Gasteiger partial charge in [0.05, 0.1) is 11.5 Å². The van der Waals surface area contributed by atoms with Crippen molar-refractivity contribution in [3.8, 4) is 11.1 Å². The predicted molar refractivity (Wildman–Crippen MR) is 171 cm³/mol. The topological polar surface area (TPSA) is 146 Å². The first-order valence-electron chi connectivity index (χ1n) is 14.4. The van der Waals surface area contributed by atoms with Gasteiger partial charge in [0, 0.05) is 36.3 Å². The molecule has 2 aromatic heterocycles. The van der Waals surface area contributed by atoms with Gasteiger partial charge in [-0.05, 0) is 54.5 Å². The number of rotatable bonds is 13. The van der Waals surface area contributed by atoms with Gasteiger partial charge in [-0.25, -0.2) is 27.7 Å². The number of nitrogens with zero attached hydrogens (tertiary/aromatic N) is 3. The van der Waals surface area contributed by atoms with Crippen LogP contribution in [0, 0.1) is 0 Å². The maximum absolute atomic E-state index is 13.6. The van der Waals surface area contributed by atoms with E-state index in [1.54, 1.807) is 23.8 Å². The Morgan fingerprint density at radius 2 is 1.82 bits per heavy atom. The van der Waals surface area contributed by atoms with Gasteiger partial charge < -0.3 is 15.0 Å². The summed E-state index contributed by atoms with van der Waals surface area (Å²) in [5.74, 6) is 0.0535. The lowest BCUT2D eigenvalue weighted by Gasteiger charge is -2.20. The summed E-state index contributed by atoms with van der Waals surface area (Å²) in [6.07, 6.45) is 5.99. The molecule has 10 nitrogen and oxygen atoms in total. The fraction of sp³-hybridized carbons (Fsp3) is 0.312. The summed E-state index contributed by atoms with van der Waals surface area (Å²) in [5, 5.41) is 0.548. The molecule has 1 atom stereocenters. The van der Waals surface area contributed by atoms with Crippen LogP contribution in [0.15, 0.2) is 76.8 Å². The van der Waals surface area contributed by atoms with Crippen LogP contribution in [-0.4, -0.2) is 47.8 Å². The van der Waals surface area contributed by atoms with Crippen LogP contribution >= 0.6 is 11.8 Å². The monoisotopic (exact) mass is 635 g/mol. The van der Waals surface area contributed by atoms with Crippen molar-refractivity contribution >= 4 is 33.8 Å². The van der Waals surface area contributed by atoms with Gasteiger partial charge in [0.15, 0.2) is 5.69 Å². The molecule has 4 aromatic rings. The van der Waals surface area contributed by atoms with E-state index in [0.717, 1.165) is 24.1 Å². The van der Waals surface area contributed by atoms with Crippen molar-refractivity contribution in [2.75, 3.05) is 12.9 Å². The van der Waals surface area contributed by atoms with E-state index in [-0.39, 0.29) is 24.0 Å². The molecule has 0 fully saturated rings. The molecular weight excluding hydrogens is 599 g/mol. The fourth-order valence-corrected chi connectivity index (χ4v) is 6.83. The number of nitrogens with one attached hydrogen (secondary N) is 1. The molecule has 2 heterocycles. The second-order valence-corrected chi connectivity index (χ2v) is 12.6. The van der Waals surface area contributed by atoms with E-state index in [1.807, 2.05) is 66.4 Å². The number of hydrogen-bond acceptors (Lipinski definition) is 8. The molecule has 2 amide bonds. The second-order valence-electron chi connectivity index (χ2n) is 10.2. The Morgan fingerprint density at radius 1 is 1.07 bits per heavy atom. The van der Waals surface area contributed by atoms with Gasteiger partial charge in [-0.1, -0.05) is 62.7 Å². The van der Waals surface area contributed by atoms with E-state index in [0.29, 0.717) is 39.7 Å². The molecule has 0 saturated carbocycles. The highest BCUT2D eigenvalue weighted by Crippen LogP contribution is 2.36. The summed E-state index contributed by atoms with van der Waals surface area (Å²) >= 11 is 1.35. The van der Waals surface area contributed by atoms with Crippen LogP contribution in [0.4, 0.5) is 4.79 Å². The van der Waals surface area contributed by atoms with Crippen molar-refractivity contribution in [2.45, 2.75) is 62.4 Å². The number of nitrogens with two attached hydrogens (primary N) is 1. The van der Waals surface area contributed by atoms with Gasteiger partial charge in [0.1, 0.15) is 10.9 Å². The van der Waals surface area contributed by atoms with Gasteiger partial charge in [-0.15, -0.1) is 11.8 Å². The zero-order valence-corrected chi connectivity index (χ0v) is 26.9. The summed E-state index contributed by atoms with van der Waals surface area (Å²) in [4.78, 5) is 34.0. The summed E-state index contributed by atoms with van der Waals surface area (Å²) in [6.45, 7) is 6.18. The van der Waals surface area contributed by atoms with E-state index in [4.69, 9.17) is 15.5 Å². The summed E-state index contributed by atoms with van der Waals surface area (Å²) in [6, 6.07) is 17.0. The molecule has 1 unspecified atom stereocenters. The Bertz CT molecular complexity index is 1740. The lowest BCUT2D eigenvalue weighted by Crippen LogP contribution is -2.35. The van der Waals surface area contributed by atoms with Gasteiger partial charge in [0.2, 0.25) is 0 Å². The first kappa shape index (κ1) is 32.7. The van der Waals surface area contributed by atoms with Crippen LogP contribution in [0.2, 0.25) is 0 Å². The zero-order chi connectivity index (χ0) is 31.9. The Balaban J connectivity index is 1.89. The molecule has 0 aliphatic heterocycles. The number of aromatic nitrogens is 3. The number of primary amides is 1. The molecule has 4 rings (SSSR count). The number of pyridine rings is 1. The molecule has 12 heteroatoms. The lowest BCUT2D eigenvalue weighted by molar-refractivity contribution is 0.0509. The number of carbonyl (C=O) groups is 2. The van der Waals surface area contributed by atoms with Gasteiger partial charge in [-0.2, -0.15) is 0 Å². The average molecular weight is 636 g/mol. The number of carbonyl (C=O) groups excluding carboxylic acids is 2. The number of aryl methyl sites for hydroxylation is 1. The molecule has 0 radical (unpaired) electrons. The van der Waals surface area contributed by atoms with Crippen LogP contribution in [0.5, 0.6) is 0 Å². The molecule has 3 N–H and O–H groups in total. The van der Waals surface area contributed by atoms with Crippen molar-refractivity contribution in [3.63, 3.8) is 0 Å². The van der Waals surface area contributed by atoms with Gasteiger partial charge in [-0.3, -0.25) is 4.98 Å². The number of ether oxygens (including phenoxy) is 1. The number of sulfonamides is 1. The molecule has 0 aliphatic rings. The van der Waals surface area contributed by atoms with Crippen LogP contribution in [-0.2, 0) is 27.7 Å². The number of imidazole rings is 1. The van der Waals surface area contributed by atoms with E-state index in [1.165, 1.54) is 17.8 Å². The van der Waals surface area contributed by atoms with E-state index in [9.17, 15) is 18.0 Å². The third-order valence-corrected chi connectivity index (χ3v) is 9.25. The molecule has 2 aromatic carbocycles. The maximum atomic E-state index is 13.6. The number of hydrogen-bond donors (Lipinski definition) is 2. The fourth-order valence-electron chi connectivity index (χ4n) is 5.10. The van der Waals surface area contributed by atoms with Gasteiger partial charge >= 0.3 is 12.0 Å². The minimum Gasteiger partial charge on any atom is -0.461 e. The zero-order valence-electron chi connectivity index (χ0n) is 25.2. The highest BCUT2D eigenvalue weighted by molar-refractivity contribution is 7.98. The molecule has 44 heavy (non-hydrogen) atoms. The number of benzene rings is 2. The van der Waals surface area contributed by atoms with Gasteiger partial charge in [0.25, 0.3) is 10.0 Å². The van der Waals surface area contributed by atoms with Crippen molar-refractivity contribution in [3.05, 3.63) is 95.2 Å². The van der Waals surface area contributed by atoms with Crippen LogP contribution in [0.25, 0.3) is 11.1 Å². The molecule has 232 valence electrons. The van der Waals surface area contributed by atoms with Crippen molar-refractivity contribution in [1.82, 2.24) is 19.3 Å². The number of unbranched alkanes of at least 4 members (excludes halogenated alkanes) is 1. The van der Waals surface area contributed by atoms with Crippen LogP contribution in [0.3, 0.4) is 0 Å². The first-order valence-corrected chi connectivity index (χ1v) is 17.1. The lowest BCUT2D eigenvalue weighted by atomic mass is 9.89. The van der Waals surface area contributed by atoms with Crippen molar-refractivity contribution < 1.29 is 22.7 Å². The van der Waals surface area contributed by atoms with Crippen LogP contribution in [0.1, 0.15) is 72.7 Å². The SMILES string of the molecule is CCCCc1nc(SC)c(C(=O)OCC)n1Cc1ccc(-c2ccccc2C(C)c2ccccn2)c(S(=O)(=O)NC(N)=O)c1. The van der Waals surface area contributed by atoms with E-state index >= 15 is 0 Å². The first-order chi connectivity index (χ1) is 21.1. The Morgan fingerprint density at radius 3 is 2.48 bits per heavy atom. The number of urea groups is 1. The van der Waals surface area contributed by atoms with E-state index < -0.39 is 22.0 Å². The average Bonchev–Trinajstić information content (AvgIpc) is 3.36. The molecular formula is C32H37N5O5S2. The molecule has 0 saturated heterocycles. The van der Waals surface area contributed by atoms with Crippen LogP contribution < -0.4 is 10.5 Å². The smallest absolute Gasteiger partial charge is 0.357 e. The number of thioether (sulfide) groups is 1. The summed E-state index contributed by atoms with van der Waals surface area (Å²) in [7, 11) is -4.38. The predicted octanol–water partition coefficient (Wildman–Crippen LogP) is 5.74. The summed E-state index contributed by atoms with van der Waals surface area (Å²) < 4.78 is 36.3. The number of amides is 2. The molecule has 0 aliphatic carbocycles. The minimum atomic E-state index is -4.38.